The smallest absolute Gasteiger partial charge is 0.255 e. The number of anilines is 1. The van der Waals surface area contributed by atoms with Gasteiger partial charge in [-0.05, 0) is 56.7 Å². The summed E-state index contributed by atoms with van der Waals surface area (Å²) in [7, 11) is -3.65. The Hall–Kier alpha value is -1.89. The van der Waals surface area contributed by atoms with E-state index in [1.165, 1.54) is 18.2 Å². The number of sulfonamides is 1. The Morgan fingerprint density at radius 1 is 1.12 bits per heavy atom. The lowest BCUT2D eigenvalue weighted by Crippen LogP contribution is -2.30. The lowest BCUT2D eigenvalue weighted by Gasteiger charge is -2.12. The van der Waals surface area contributed by atoms with E-state index in [1.807, 2.05) is 6.92 Å². The monoisotopic (exact) mass is 366 g/mol. The summed E-state index contributed by atoms with van der Waals surface area (Å²) in [5.41, 5.74) is 1.69. The molecular weight excluding hydrogens is 348 g/mol. The highest BCUT2D eigenvalue weighted by Gasteiger charge is 2.17. The summed E-state index contributed by atoms with van der Waals surface area (Å²) in [6.07, 6.45) is 0. The van der Waals surface area contributed by atoms with Crippen molar-refractivity contribution in [2.24, 2.45) is 0 Å². The minimum Gasteiger partial charge on any atom is -0.322 e. The van der Waals surface area contributed by atoms with Gasteiger partial charge in [0.15, 0.2) is 0 Å². The number of hydrogen-bond donors (Lipinski definition) is 2. The van der Waals surface area contributed by atoms with Gasteiger partial charge in [0, 0.05) is 22.3 Å². The second-order valence-electron chi connectivity index (χ2n) is 5.72. The molecule has 1 amide bonds. The van der Waals surface area contributed by atoms with Gasteiger partial charge in [0.1, 0.15) is 0 Å². The molecule has 2 rings (SSSR count). The zero-order valence-corrected chi connectivity index (χ0v) is 15.2. The van der Waals surface area contributed by atoms with Crippen LogP contribution in [0.4, 0.5) is 5.69 Å². The molecule has 0 aromatic heterocycles. The van der Waals surface area contributed by atoms with Crippen molar-refractivity contribution in [1.29, 1.82) is 0 Å². The maximum atomic E-state index is 12.4. The zero-order valence-electron chi connectivity index (χ0n) is 13.6. The van der Waals surface area contributed by atoms with E-state index in [1.54, 1.807) is 38.1 Å². The molecule has 0 fully saturated rings. The predicted octanol–water partition coefficient (Wildman–Crippen LogP) is 3.59. The van der Waals surface area contributed by atoms with Crippen LogP contribution in [0.5, 0.6) is 0 Å². The molecule has 0 aliphatic heterocycles. The van der Waals surface area contributed by atoms with Gasteiger partial charge in [-0.3, -0.25) is 4.79 Å². The number of carbonyl (C=O) groups is 1. The molecule has 0 atom stereocenters. The van der Waals surface area contributed by atoms with Crippen LogP contribution in [-0.4, -0.2) is 20.4 Å². The first kappa shape index (κ1) is 18.4. The van der Waals surface area contributed by atoms with Crippen LogP contribution in [0.2, 0.25) is 5.02 Å². The molecule has 0 spiro atoms. The van der Waals surface area contributed by atoms with Gasteiger partial charge in [0.2, 0.25) is 10.0 Å². The number of benzene rings is 2. The number of nitrogens with one attached hydrogen (secondary N) is 2. The van der Waals surface area contributed by atoms with Crippen LogP contribution in [0.3, 0.4) is 0 Å². The first-order chi connectivity index (χ1) is 11.2. The van der Waals surface area contributed by atoms with Crippen LogP contribution >= 0.6 is 11.6 Å². The van der Waals surface area contributed by atoms with Crippen LogP contribution in [0, 0.1) is 6.92 Å². The minimum absolute atomic E-state index is 0.0478. The third-order valence-electron chi connectivity index (χ3n) is 3.25. The highest BCUT2D eigenvalue weighted by atomic mass is 35.5. The molecule has 7 heteroatoms. The first-order valence-electron chi connectivity index (χ1n) is 7.39. The average molecular weight is 367 g/mol. The van der Waals surface area contributed by atoms with Gasteiger partial charge < -0.3 is 5.32 Å². The maximum Gasteiger partial charge on any atom is 0.255 e. The largest absolute Gasteiger partial charge is 0.322 e. The predicted molar refractivity (Wildman–Crippen MR) is 96.0 cm³/mol. The third kappa shape index (κ3) is 4.56. The van der Waals surface area contributed by atoms with Crippen LogP contribution in [0.15, 0.2) is 47.4 Å². The fraction of sp³-hybridized carbons (Fsp3) is 0.235. The quantitative estimate of drug-likeness (QED) is 0.849. The second-order valence-corrected chi connectivity index (χ2v) is 7.87. The molecule has 0 radical (unpaired) electrons. The summed E-state index contributed by atoms with van der Waals surface area (Å²) in [5, 5.41) is 3.26. The molecule has 5 nitrogen and oxygen atoms in total. The van der Waals surface area contributed by atoms with Gasteiger partial charge in [-0.1, -0.05) is 23.7 Å². The Bertz CT molecular complexity index is 864. The maximum absolute atomic E-state index is 12.4. The molecule has 24 heavy (non-hydrogen) atoms. The van der Waals surface area contributed by atoms with E-state index in [0.29, 0.717) is 10.7 Å². The summed E-state index contributed by atoms with van der Waals surface area (Å²) in [6, 6.07) is 10.8. The second kappa shape index (κ2) is 7.34. The summed E-state index contributed by atoms with van der Waals surface area (Å²) < 4.78 is 26.9. The standard InChI is InChI=1S/C17H19ClN2O3S/c1-11(2)20-24(22,23)15-6-4-5-13(9-15)17(21)19-16-10-14(18)8-7-12(16)3/h4-11,20H,1-3H3,(H,19,21). The van der Waals surface area contributed by atoms with E-state index in [2.05, 4.69) is 10.0 Å². The van der Waals surface area contributed by atoms with Gasteiger partial charge in [-0.25, -0.2) is 13.1 Å². The van der Waals surface area contributed by atoms with E-state index < -0.39 is 15.9 Å². The molecule has 2 aromatic carbocycles. The zero-order chi connectivity index (χ0) is 17.9. The van der Waals surface area contributed by atoms with Crippen molar-refractivity contribution in [2.75, 3.05) is 5.32 Å². The van der Waals surface area contributed by atoms with Gasteiger partial charge >= 0.3 is 0 Å². The van der Waals surface area contributed by atoms with Gasteiger partial charge in [-0.15, -0.1) is 0 Å². The number of aryl methyl sites for hydroxylation is 1. The van der Waals surface area contributed by atoms with Crippen molar-refractivity contribution in [3.8, 4) is 0 Å². The van der Waals surface area contributed by atoms with Crippen molar-refractivity contribution in [3.63, 3.8) is 0 Å². The first-order valence-corrected chi connectivity index (χ1v) is 9.25. The van der Waals surface area contributed by atoms with Crippen LogP contribution in [0.25, 0.3) is 0 Å². The van der Waals surface area contributed by atoms with Gasteiger partial charge in [0.25, 0.3) is 5.91 Å². The summed E-state index contributed by atoms with van der Waals surface area (Å²) in [6.45, 7) is 5.31. The molecule has 0 bridgehead atoms. The lowest BCUT2D eigenvalue weighted by molar-refractivity contribution is 0.102. The van der Waals surface area contributed by atoms with Crippen molar-refractivity contribution in [1.82, 2.24) is 4.72 Å². The Balaban J connectivity index is 2.28. The van der Waals surface area contributed by atoms with Crippen molar-refractivity contribution in [3.05, 3.63) is 58.6 Å². The average Bonchev–Trinajstić information content (AvgIpc) is 2.50. The summed E-state index contributed by atoms with van der Waals surface area (Å²) >= 11 is 5.94. The Morgan fingerprint density at radius 3 is 2.50 bits per heavy atom. The number of amides is 1. The van der Waals surface area contributed by atoms with E-state index in [9.17, 15) is 13.2 Å². The fourth-order valence-electron chi connectivity index (χ4n) is 2.11. The molecule has 2 aromatic rings. The third-order valence-corrected chi connectivity index (χ3v) is 5.14. The SMILES string of the molecule is Cc1ccc(Cl)cc1NC(=O)c1cccc(S(=O)(=O)NC(C)C)c1. The van der Waals surface area contributed by atoms with E-state index >= 15 is 0 Å². The molecule has 128 valence electrons. The van der Waals surface area contributed by atoms with Crippen LogP contribution in [-0.2, 0) is 10.0 Å². The Kier molecular flexibility index (Phi) is 5.64. The number of rotatable bonds is 5. The molecular formula is C17H19ClN2O3S. The molecule has 2 N–H and O–H groups in total. The minimum atomic E-state index is -3.65. The van der Waals surface area contributed by atoms with Crippen molar-refractivity contribution >= 4 is 33.2 Å². The number of hydrogen-bond acceptors (Lipinski definition) is 3. The van der Waals surface area contributed by atoms with Gasteiger partial charge in [0.05, 0.1) is 4.90 Å². The Labute approximate surface area is 147 Å². The Morgan fingerprint density at radius 2 is 1.83 bits per heavy atom. The van der Waals surface area contributed by atoms with Crippen LogP contribution in [0.1, 0.15) is 29.8 Å². The molecule has 0 unspecified atom stereocenters. The van der Waals surface area contributed by atoms with Crippen molar-refractivity contribution < 1.29 is 13.2 Å². The molecule has 0 aliphatic carbocycles. The number of carbonyl (C=O) groups excluding carboxylic acids is 1. The van der Waals surface area contributed by atoms with Crippen LogP contribution < -0.4 is 10.0 Å². The molecule has 0 saturated carbocycles. The fourth-order valence-corrected chi connectivity index (χ4v) is 3.57. The van der Waals surface area contributed by atoms with E-state index in [0.717, 1.165) is 5.56 Å². The lowest BCUT2D eigenvalue weighted by atomic mass is 10.1. The normalized spacial score (nSPS) is 11.5. The molecule has 0 aliphatic rings. The molecule has 0 saturated heterocycles. The summed E-state index contributed by atoms with van der Waals surface area (Å²) in [4.78, 5) is 12.5. The van der Waals surface area contributed by atoms with Crippen molar-refractivity contribution in [2.45, 2.75) is 31.7 Å². The highest BCUT2D eigenvalue weighted by Crippen LogP contribution is 2.21. The van der Waals surface area contributed by atoms with Gasteiger partial charge in [-0.2, -0.15) is 0 Å². The summed E-state index contributed by atoms with van der Waals surface area (Å²) in [5.74, 6) is -0.401. The number of halogens is 1. The van der Waals surface area contributed by atoms with E-state index in [4.69, 9.17) is 11.6 Å². The molecule has 0 heterocycles. The highest BCUT2D eigenvalue weighted by molar-refractivity contribution is 7.89. The topological polar surface area (TPSA) is 75.3 Å². The van der Waals surface area contributed by atoms with E-state index in [-0.39, 0.29) is 16.5 Å².